The van der Waals surface area contributed by atoms with Crippen LogP contribution in [0.3, 0.4) is 0 Å². The fraction of sp³-hybridized carbons (Fsp3) is 0.947. The largest absolute Gasteiger partial charge is 0.292 e. The maximum Gasteiger partial charge on any atom is 0.102 e. The molecule has 7 atom stereocenters. The summed E-state index contributed by atoms with van der Waals surface area (Å²) in [5.74, 6) is 4.02. The lowest BCUT2D eigenvalue weighted by atomic mass is 9.69. The normalized spacial score (nSPS) is 43.1. The molecule has 0 radical (unpaired) electrons. The predicted molar refractivity (Wildman–Crippen MR) is 92.7 cm³/mol. The van der Waals surface area contributed by atoms with Crippen molar-refractivity contribution >= 4 is 6.21 Å². The van der Waals surface area contributed by atoms with Gasteiger partial charge in [0.25, 0.3) is 0 Å². The van der Waals surface area contributed by atoms with Crippen LogP contribution >= 0.6 is 0 Å². The molecule has 2 saturated carbocycles. The number of nitrogens with zero attached hydrogens (tertiary/aromatic N) is 1. The Morgan fingerprint density at radius 2 is 1.57 bits per heavy atom. The van der Waals surface area contributed by atoms with Gasteiger partial charge in [-0.05, 0) is 68.4 Å². The Morgan fingerprint density at radius 1 is 0.905 bits per heavy atom. The van der Waals surface area contributed by atoms with Gasteiger partial charge in [0, 0.05) is 6.04 Å². The molecule has 21 heavy (non-hydrogen) atoms. The van der Waals surface area contributed by atoms with Crippen LogP contribution in [-0.4, -0.2) is 18.4 Å². The molecule has 0 aromatic heterocycles. The monoisotopic (exact) mass is 292 g/mol. The van der Waals surface area contributed by atoms with E-state index in [1.54, 1.807) is 0 Å². The van der Waals surface area contributed by atoms with Crippen LogP contribution in [0.5, 0.6) is 0 Å². The van der Waals surface area contributed by atoms with Crippen LogP contribution in [0.2, 0.25) is 0 Å². The summed E-state index contributed by atoms with van der Waals surface area (Å²) >= 11 is 0. The lowest BCUT2D eigenvalue weighted by Gasteiger charge is -2.42. The maximum atomic E-state index is 4.85. The summed E-state index contributed by atoms with van der Waals surface area (Å²) in [5.41, 5.74) is 0. The molecule has 2 aliphatic rings. The van der Waals surface area contributed by atoms with E-state index in [0.717, 1.165) is 23.7 Å². The van der Waals surface area contributed by atoms with E-state index < -0.39 is 0 Å². The first kappa shape index (κ1) is 17.0. The second-order valence-corrected chi connectivity index (χ2v) is 7.95. The van der Waals surface area contributed by atoms with Gasteiger partial charge in [-0.25, -0.2) is 0 Å². The van der Waals surface area contributed by atoms with E-state index >= 15 is 0 Å². The standard InChI is InChI=1S/C19H36N2/c1-6-20-19(21-18-10-8-7-9-13(18)2)17-12-15(4)14(3)11-16(17)5/h6,13-19,21H,7-12H2,1-5H3. The Labute approximate surface area is 132 Å². The molecule has 2 nitrogen and oxygen atoms in total. The second-order valence-electron chi connectivity index (χ2n) is 7.95. The summed E-state index contributed by atoms with van der Waals surface area (Å²) in [4.78, 5) is 4.85. The van der Waals surface area contributed by atoms with Crippen molar-refractivity contribution in [3.63, 3.8) is 0 Å². The third-order valence-corrected chi connectivity index (χ3v) is 6.30. The Morgan fingerprint density at radius 3 is 2.24 bits per heavy atom. The smallest absolute Gasteiger partial charge is 0.102 e. The van der Waals surface area contributed by atoms with Crippen LogP contribution in [0.15, 0.2) is 4.99 Å². The van der Waals surface area contributed by atoms with Gasteiger partial charge in [0.2, 0.25) is 0 Å². The molecule has 0 amide bonds. The van der Waals surface area contributed by atoms with Crippen molar-refractivity contribution in [3.05, 3.63) is 0 Å². The fourth-order valence-corrected chi connectivity index (χ4v) is 4.55. The molecule has 0 heterocycles. The van der Waals surface area contributed by atoms with Crippen molar-refractivity contribution in [2.45, 2.75) is 85.4 Å². The van der Waals surface area contributed by atoms with Crippen molar-refractivity contribution in [1.82, 2.24) is 5.32 Å². The SMILES string of the molecule is CC=NC(NC1CCCCC1C)C1CC(C)C(C)CC1C. The van der Waals surface area contributed by atoms with Crippen molar-refractivity contribution in [2.75, 3.05) is 0 Å². The van der Waals surface area contributed by atoms with E-state index in [1.165, 1.54) is 38.5 Å². The fourth-order valence-electron chi connectivity index (χ4n) is 4.55. The molecule has 2 aliphatic carbocycles. The van der Waals surface area contributed by atoms with Crippen LogP contribution < -0.4 is 5.32 Å². The molecule has 0 spiro atoms. The van der Waals surface area contributed by atoms with Gasteiger partial charge in [0.15, 0.2) is 0 Å². The molecule has 2 fully saturated rings. The average molecular weight is 293 g/mol. The molecule has 2 heteroatoms. The minimum absolute atomic E-state index is 0.338. The van der Waals surface area contributed by atoms with Crippen LogP contribution in [-0.2, 0) is 0 Å². The third-order valence-electron chi connectivity index (χ3n) is 6.30. The summed E-state index contributed by atoms with van der Waals surface area (Å²) in [6.07, 6.45) is 10.6. The molecular formula is C19H36N2. The Kier molecular flexibility index (Phi) is 6.28. The molecule has 0 saturated heterocycles. The van der Waals surface area contributed by atoms with Crippen molar-refractivity contribution < 1.29 is 0 Å². The van der Waals surface area contributed by atoms with Crippen LogP contribution in [0, 0.1) is 29.6 Å². The minimum Gasteiger partial charge on any atom is -0.292 e. The minimum atomic E-state index is 0.338. The molecule has 7 unspecified atom stereocenters. The topological polar surface area (TPSA) is 24.4 Å². The molecule has 0 aliphatic heterocycles. The molecular weight excluding hydrogens is 256 g/mol. The van der Waals surface area contributed by atoms with Crippen LogP contribution in [0.25, 0.3) is 0 Å². The zero-order valence-corrected chi connectivity index (χ0v) is 14.8. The predicted octanol–water partition coefficient (Wildman–Crippen LogP) is 4.89. The van der Waals surface area contributed by atoms with Crippen molar-refractivity contribution in [3.8, 4) is 0 Å². The Balaban J connectivity index is 2.03. The lowest BCUT2D eigenvalue weighted by Crippen LogP contribution is -2.49. The van der Waals surface area contributed by atoms with Crippen LogP contribution in [0.4, 0.5) is 0 Å². The van der Waals surface area contributed by atoms with Gasteiger partial charge in [0.1, 0.15) is 6.17 Å². The Bertz CT molecular complexity index is 338. The molecule has 0 aromatic carbocycles. The third kappa shape index (κ3) is 4.31. The summed E-state index contributed by atoms with van der Waals surface area (Å²) < 4.78 is 0. The molecule has 1 N–H and O–H groups in total. The van der Waals surface area contributed by atoms with E-state index in [9.17, 15) is 0 Å². The van der Waals surface area contributed by atoms with Crippen LogP contribution in [0.1, 0.15) is 73.1 Å². The summed E-state index contributed by atoms with van der Waals surface area (Å²) in [5, 5.41) is 3.94. The second kappa shape index (κ2) is 7.76. The quantitative estimate of drug-likeness (QED) is 0.733. The number of rotatable bonds is 4. The van der Waals surface area contributed by atoms with Crippen molar-refractivity contribution in [2.24, 2.45) is 34.6 Å². The van der Waals surface area contributed by atoms with Gasteiger partial charge in [-0.1, -0.05) is 40.5 Å². The number of aliphatic imine (C=N–C) groups is 1. The van der Waals surface area contributed by atoms with E-state index in [-0.39, 0.29) is 0 Å². The number of hydrogen-bond acceptors (Lipinski definition) is 2. The highest BCUT2D eigenvalue weighted by molar-refractivity contribution is 5.53. The first-order valence-corrected chi connectivity index (χ1v) is 9.26. The molecule has 2 rings (SSSR count). The molecule has 0 bridgehead atoms. The van der Waals surface area contributed by atoms with E-state index in [0.29, 0.717) is 18.1 Å². The molecule has 122 valence electrons. The summed E-state index contributed by atoms with van der Waals surface area (Å²) in [6, 6.07) is 0.675. The van der Waals surface area contributed by atoms with Gasteiger partial charge in [-0.3, -0.25) is 10.3 Å². The van der Waals surface area contributed by atoms with Gasteiger partial charge >= 0.3 is 0 Å². The van der Waals surface area contributed by atoms with Gasteiger partial charge < -0.3 is 0 Å². The van der Waals surface area contributed by atoms with E-state index in [2.05, 4.69) is 39.9 Å². The number of nitrogens with one attached hydrogen (secondary N) is 1. The first-order chi connectivity index (χ1) is 10.0. The van der Waals surface area contributed by atoms with Gasteiger partial charge in [0.05, 0.1) is 0 Å². The van der Waals surface area contributed by atoms with Gasteiger partial charge in [-0.15, -0.1) is 0 Å². The maximum absolute atomic E-state index is 4.85. The summed E-state index contributed by atoms with van der Waals surface area (Å²) in [6.45, 7) is 11.8. The first-order valence-electron chi connectivity index (χ1n) is 9.26. The zero-order valence-electron chi connectivity index (χ0n) is 14.8. The van der Waals surface area contributed by atoms with Crippen molar-refractivity contribution in [1.29, 1.82) is 0 Å². The zero-order chi connectivity index (χ0) is 15.4. The van der Waals surface area contributed by atoms with E-state index in [4.69, 9.17) is 4.99 Å². The summed E-state index contributed by atoms with van der Waals surface area (Å²) in [7, 11) is 0. The van der Waals surface area contributed by atoms with E-state index in [1.807, 2.05) is 6.21 Å². The highest BCUT2D eigenvalue weighted by atomic mass is 15.1. The lowest BCUT2D eigenvalue weighted by molar-refractivity contribution is 0.101. The average Bonchev–Trinajstić information content (AvgIpc) is 2.45. The van der Waals surface area contributed by atoms with Gasteiger partial charge in [-0.2, -0.15) is 0 Å². The highest BCUT2D eigenvalue weighted by Crippen LogP contribution is 2.40. The number of hydrogen-bond donors (Lipinski definition) is 1. The Hall–Kier alpha value is -0.370. The molecule has 0 aromatic rings. The highest BCUT2D eigenvalue weighted by Gasteiger charge is 2.36.